The average Bonchev–Trinajstić information content (AvgIpc) is 2.37. The number of carbonyl (C=O) groups excluding carboxylic acids is 1. The maximum Gasteiger partial charge on any atom is 0.221 e. The molecule has 20 heavy (non-hydrogen) atoms. The van der Waals surface area contributed by atoms with Crippen LogP contribution in [0.1, 0.15) is 45.8 Å². The van der Waals surface area contributed by atoms with Crippen LogP contribution < -0.4 is 10.6 Å². The van der Waals surface area contributed by atoms with Crippen molar-refractivity contribution in [2.24, 2.45) is 5.92 Å². The van der Waals surface area contributed by atoms with E-state index in [-0.39, 0.29) is 11.9 Å². The van der Waals surface area contributed by atoms with Crippen LogP contribution in [0.2, 0.25) is 0 Å². The Kier molecular flexibility index (Phi) is 6.68. The molecule has 0 aliphatic heterocycles. The number of anilines is 1. The van der Waals surface area contributed by atoms with Crippen molar-refractivity contribution in [3.8, 4) is 0 Å². The lowest BCUT2D eigenvalue weighted by molar-refractivity contribution is -0.114. The number of benzene rings is 1. The normalized spacial score (nSPS) is 14.1. The van der Waals surface area contributed by atoms with Gasteiger partial charge in [0.25, 0.3) is 0 Å². The van der Waals surface area contributed by atoms with E-state index in [4.69, 9.17) is 0 Å². The van der Waals surface area contributed by atoms with E-state index in [0.29, 0.717) is 5.92 Å². The minimum absolute atomic E-state index is 0.000339. The summed E-state index contributed by atoms with van der Waals surface area (Å²) in [4.78, 5) is 10.9. The van der Waals surface area contributed by atoms with Crippen LogP contribution >= 0.6 is 0 Å². The van der Waals surface area contributed by atoms with Crippen molar-refractivity contribution >= 4 is 11.6 Å². The highest BCUT2D eigenvalue weighted by Crippen LogP contribution is 2.19. The second kappa shape index (κ2) is 8.02. The lowest BCUT2D eigenvalue weighted by atomic mass is 10.0. The minimum atomic E-state index is -0.548. The van der Waals surface area contributed by atoms with Crippen LogP contribution in [-0.4, -0.2) is 23.6 Å². The maximum atomic E-state index is 10.9. The Morgan fingerprint density at radius 2 is 1.80 bits per heavy atom. The summed E-state index contributed by atoms with van der Waals surface area (Å²) in [5.41, 5.74) is 1.59. The van der Waals surface area contributed by atoms with Gasteiger partial charge in [-0.05, 0) is 43.5 Å². The van der Waals surface area contributed by atoms with Gasteiger partial charge in [0, 0.05) is 18.7 Å². The molecule has 0 aliphatic rings. The van der Waals surface area contributed by atoms with Crippen molar-refractivity contribution in [2.75, 3.05) is 11.9 Å². The highest BCUT2D eigenvalue weighted by atomic mass is 16.3. The highest BCUT2D eigenvalue weighted by Gasteiger charge is 2.15. The summed E-state index contributed by atoms with van der Waals surface area (Å²) in [7, 11) is 0. The summed E-state index contributed by atoms with van der Waals surface area (Å²) in [5.74, 6) is 0.561. The Morgan fingerprint density at radius 1 is 1.20 bits per heavy atom. The van der Waals surface area contributed by atoms with Gasteiger partial charge in [-0.1, -0.05) is 26.0 Å². The second-order valence-electron chi connectivity index (χ2n) is 5.67. The number of amides is 1. The van der Waals surface area contributed by atoms with E-state index in [1.807, 2.05) is 19.1 Å². The fourth-order valence-corrected chi connectivity index (χ4v) is 1.97. The second-order valence-corrected chi connectivity index (χ2v) is 5.67. The molecular weight excluding hydrogens is 252 g/mol. The van der Waals surface area contributed by atoms with E-state index in [0.717, 1.165) is 24.2 Å². The average molecular weight is 278 g/mol. The molecule has 0 radical (unpaired) electrons. The molecule has 3 N–H and O–H groups in total. The van der Waals surface area contributed by atoms with E-state index < -0.39 is 6.10 Å². The van der Waals surface area contributed by atoms with Gasteiger partial charge in [0.15, 0.2) is 0 Å². The summed E-state index contributed by atoms with van der Waals surface area (Å²) in [5, 5.41) is 16.3. The van der Waals surface area contributed by atoms with Gasteiger partial charge in [0.2, 0.25) is 5.91 Å². The predicted molar refractivity (Wildman–Crippen MR) is 82.6 cm³/mol. The van der Waals surface area contributed by atoms with Gasteiger partial charge in [-0.25, -0.2) is 0 Å². The zero-order valence-electron chi connectivity index (χ0n) is 12.8. The molecule has 1 amide bonds. The molecule has 4 nitrogen and oxygen atoms in total. The Labute approximate surface area is 121 Å². The van der Waals surface area contributed by atoms with Crippen molar-refractivity contribution in [3.63, 3.8) is 0 Å². The van der Waals surface area contributed by atoms with Gasteiger partial charge in [-0.15, -0.1) is 0 Å². The molecule has 2 unspecified atom stereocenters. The van der Waals surface area contributed by atoms with Crippen LogP contribution in [0.25, 0.3) is 0 Å². The molecular formula is C16H26N2O2. The van der Waals surface area contributed by atoms with Crippen molar-refractivity contribution in [2.45, 2.75) is 46.3 Å². The van der Waals surface area contributed by atoms with E-state index in [1.165, 1.54) is 6.92 Å². The van der Waals surface area contributed by atoms with Crippen molar-refractivity contribution in [3.05, 3.63) is 29.8 Å². The number of rotatable bonds is 7. The molecule has 112 valence electrons. The van der Waals surface area contributed by atoms with Gasteiger partial charge in [0.1, 0.15) is 0 Å². The molecule has 2 atom stereocenters. The van der Waals surface area contributed by atoms with Crippen LogP contribution in [0.15, 0.2) is 24.3 Å². The number of carbonyl (C=O) groups is 1. The number of aliphatic hydroxyl groups excluding tert-OH is 1. The minimum Gasteiger partial charge on any atom is -0.387 e. The fourth-order valence-electron chi connectivity index (χ4n) is 1.97. The van der Waals surface area contributed by atoms with E-state index in [2.05, 4.69) is 24.5 Å². The van der Waals surface area contributed by atoms with Crippen LogP contribution in [0, 0.1) is 5.92 Å². The predicted octanol–water partition coefficient (Wildman–Crippen LogP) is 2.70. The van der Waals surface area contributed by atoms with Gasteiger partial charge in [0.05, 0.1) is 6.10 Å². The topological polar surface area (TPSA) is 61.4 Å². The number of hydrogen-bond donors (Lipinski definition) is 3. The number of aliphatic hydroxyl groups is 1. The summed E-state index contributed by atoms with van der Waals surface area (Å²) in [6, 6.07) is 7.30. The highest BCUT2D eigenvalue weighted by molar-refractivity contribution is 5.88. The molecule has 1 aromatic rings. The van der Waals surface area contributed by atoms with Crippen molar-refractivity contribution in [1.29, 1.82) is 0 Å². The zero-order chi connectivity index (χ0) is 15.1. The Hall–Kier alpha value is -1.39. The molecule has 1 rings (SSSR count). The van der Waals surface area contributed by atoms with Gasteiger partial charge in [-0.2, -0.15) is 0 Å². The number of nitrogens with one attached hydrogen (secondary N) is 2. The molecule has 0 aromatic heterocycles. The van der Waals surface area contributed by atoms with Crippen molar-refractivity contribution < 1.29 is 9.90 Å². The van der Waals surface area contributed by atoms with E-state index in [1.54, 1.807) is 12.1 Å². The van der Waals surface area contributed by atoms with Crippen molar-refractivity contribution in [1.82, 2.24) is 5.32 Å². The first-order valence-corrected chi connectivity index (χ1v) is 7.19. The SMILES string of the molecule is CC(=O)Nc1ccc(C(O)C(C)NCCC(C)C)cc1. The third kappa shape index (κ3) is 5.72. The van der Waals surface area contributed by atoms with Crippen LogP contribution in [0.5, 0.6) is 0 Å². The van der Waals surface area contributed by atoms with Gasteiger partial charge < -0.3 is 15.7 Å². The fraction of sp³-hybridized carbons (Fsp3) is 0.562. The van der Waals surface area contributed by atoms with Crippen LogP contribution in [-0.2, 0) is 4.79 Å². The first kappa shape index (κ1) is 16.7. The summed E-state index contributed by atoms with van der Waals surface area (Å²) in [6.07, 6.45) is 0.548. The molecule has 0 fully saturated rings. The molecule has 0 aliphatic carbocycles. The lowest BCUT2D eigenvalue weighted by Crippen LogP contribution is -2.33. The first-order valence-electron chi connectivity index (χ1n) is 7.19. The van der Waals surface area contributed by atoms with Gasteiger partial charge >= 0.3 is 0 Å². The third-order valence-corrected chi connectivity index (χ3v) is 3.23. The Bertz CT molecular complexity index is 415. The van der Waals surface area contributed by atoms with E-state index in [9.17, 15) is 9.90 Å². The zero-order valence-corrected chi connectivity index (χ0v) is 12.8. The van der Waals surface area contributed by atoms with Gasteiger partial charge in [-0.3, -0.25) is 4.79 Å². The molecule has 4 heteroatoms. The Balaban J connectivity index is 2.53. The molecule has 0 spiro atoms. The maximum absolute atomic E-state index is 10.9. The molecule has 0 heterocycles. The molecule has 0 saturated carbocycles. The standard InChI is InChI=1S/C16H26N2O2/c1-11(2)9-10-17-12(3)16(20)14-5-7-15(8-6-14)18-13(4)19/h5-8,11-12,16-17,20H,9-10H2,1-4H3,(H,18,19). The summed E-state index contributed by atoms with van der Waals surface area (Å²) < 4.78 is 0. The monoisotopic (exact) mass is 278 g/mol. The van der Waals surface area contributed by atoms with Crippen LogP contribution in [0.4, 0.5) is 5.69 Å². The van der Waals surface area contributed by atoms with Crippen LogP contribution in [0.3, 0.4) is 0 Å². The molecule has 1 aromatic carbocycles. The lowest BCUT2D eigenvalue weighted by Gasteiger charge is -2.21. The number of hydrogen-bond acceptors (Lipinski definition) is 3. The smallest absolute Gasteiger partial charge is 0.221 e. The molecule has 0 bridgehead atoms. The quantitative estimate of drug-likeness (QED) is 0.718. The molecule has 0 saturated heterocycles. The summed E-state index contributed by atoms with van der Waals surface area (Å²) in [6.45, 7) is 8.73. The largest absolute Gasteiger partial charge is 0.387 e. The summed E-state index contributed by atoms with van der Waals surface area (Å²) >= 11 is 0. The third-order valence-electron chi connectivity index (χ3n) is 3.23. The van der Waals surface area contributed by atoms with E-state index >= 15 is 0 Å². The Morgan fingerprint density at radius 3 is 2.30 bits per heavy atom. The first-order chi connectivity index (χ1) is 9.40.